The fourth-order valence-corrected chi connectivity index (χ4v) is 2.27. The molecule has 2 aromatic carbocycles. The number of rotatable bonds is 3. The molecule has 0 radical (unpaired) electrons. The number of alkyl halides is 1. The minimum Gasteiger partial charge on any atom is -0.457 e. The predicted octanol–water partition coefficient (Wildman–Crippen LogP) is 5.45. The zero-order valence-electron chi connectivity index (χ0n) is 11.9. The molecule has 0 unspecified atom stereocenters. The fourth-order valence-electron chi connectivity index (χ4n) is 2.10. The molecule has 2 heteroatoms. The SMILES string of the molecule is Cc1cc(CCl)ccc1Oc1c(C)ccc(C)c1C. The number of hydrogen-bond acceptors (Lipinski definition) is 1. The van der Waals surface area contributed by atoms with Gasteiger partial charge in [0.25, 0.3) is 0 Å². The van der Waals surface area contributed by atoms with Crippen LogP contribution in [0.25, 0.3) is 0 Å². The van der Waals surface area contributed by atoms with Gasteiger partial charge in [0.1, 0.15) is 11.5 Å². The van der Waals surface area contributed by atoms with E-state index < -0.39 is 0 Å². The van der Waals surface area contributed by atoms with Gasteiger partial charge >= 0.3 is 0 Å². The summed E-state index contributed by atoms with van der Waals surface area (Å²) in [5, 5.41) is 0. The van der Waals surface area contributed by atoms with Crippen LogP contribution in [0.5, 0.6) is 11.5 Å². The molecule has 0 saturated carbocycles. The molecule has 0 aliphatic heterocycles. The molecule has 19 heavy (non-hydrogen) atoms. The van der Waals surface area contributed by atoms with Crippen molar-refractivity contribution in [1.82, 2.24) is 0 Å². The molecule has 0 aliphatic rings. The molecule has 1 nitrogen and oxygen atoms in total. The molecule has 0 amide bonds. The molecule has 0 aromatic heterocycles. The van der Waals surface area contributed by atoms with E-state index in [0.717, 1.165) is 28.2 Å². The number of aryl methyl sites for hydroxylation is 3. The molecule has 0 heterocycles. The van der Waals surface area contributed by atoms with Crippen LogP contribution in [0, 0.1) is 27.7 Å². The second-order valence-corrected chi connectivity index (χ2v) is 5.26. The van der Waals surface area contributed by atoms with Gasteiger partial charge in [-0.15, -0.1) is 11.6 Å². The number of ether oxygens (including phenoxy) is 1. The number of hydrogen-bond donors (Lipinski definition) is 0. The summed E-state index contributed by atoms with van der Waals surface area (Å²) in [5.41, 5.74) is 5.82. The third kappa shape index (κ3) is 2.93. The van der Waals surface area contributed by atoms with E-state index in [4.69, 9.17) is 16.3 Å². The zero-order chi connectivity index (χ0) is 14.0. The molecule has 0 aliphatic carbocycles. The maximum Gasteiger partial charge on any atom is 0.133 e. The summed E-state index contributed by atoms with van der Waals surface area (Å²) in [4.78, 5) is 0. The highest BCUT2D eigenvalue weighted by Gasteiger charge is 2.09. The largest absolute Gasteiger partial charge is 0.457 e. The van der Waals surface area contributed by atoms with E-state index in [9.17, 15) is 0 Å². The summed E-state index contributed by atoms with van der Waals surface area (Å²) >= 11 is 5.84. The lowest BCUT2D eigenvalue weighted by molar-refractivity contribution is 0.471. The van der Waals surface area contributed by atoms with Crippen molar-refractivity contribution in [3.63, 3.8) is 0 Å². The summed E-state index contributed by atoms with van der Waals surface area (Å²) in [6.07, 6.45) is 0. The second-order valence-electron chi connectivity index (χ2n) is 4.99. The summed E-state index contributed by atoms with van der Waals surface area (Å²) in [6, 6.07) is 10.3. The zero-order valence-corrected chi connectivity index (χ0v) is 12.6. The van der Waals surface area contributed by atoms with E-state index in [-0.39, 0.29) is 0 Å². The standard InChI is InChI=1S/C17H19ClO/c1-11-5-6-12(2)17(14(11)4)19-16-8-7-15(10-18)9-13(16)3/h5-9H,10H2,1-4H3. The van der Waals surface area contributed by atoms with Crippen molar-refractivity contribution in [1.29, 1.82) is 0 Å². The van der Waals surface area contributed by atoms with Gasteiger partial charge in [0.15, 0.2) is 0 Å². The van der Waals surface area contributed by atoms with Crippen LogP contribution in [0.4, 0.5) is 0 Å². The maximum atomic E-state index is 6.11. The lowest BCUT2D eigenvalue weighted by atomic mass is 10.1. The maximum absolute atomic E-state index is 6.11. The molecule has 0 N–H and O–H groups in total. The minimum atomic E-state index is 0.531. The number of halogens is 1. The Kier molecular flexibility index (Phi) is 4.16. The third-order valence-corrected chi connectivity index (χ3v) is 3.79. The Bertz CT molecular complexity index is 602. The van der Waals surface area contributed by atoms with Gasteiger partial charge in [-0.2, -0.15) is 0 Å². The average molecular weight is 275 g/mol. The van der Waals surface area contributed by atoms with E-state index in [0.29, 0.717) is 5.88 Å². The molecule has 0 atom stereocenters. The van der Waals surface area contributed by atoms with Crippen molar-refractivity contribution in [3.8, 4) is 11.5 Å². The minimum absolute atomic E-state index is 0.531. The van der Waals surface area contributed by atoms with Crippen molar-refractivity contribution >= 4 is 11.6 Å². The Balaban J connectivity index is 2.39. The molecular formula is C17H19ClO. The van der Waals surface area contributed by atoms with Gasteiger partial charge in [0, 0.05) is 5.88 Å². The van der Waals surface area contributed by atoms with E-state index in [1.807, 2.05) is 19.1 Å². The summed E-state index contributed by atoms with van der Waals surface area (Å²) in [6.45, 7) is 8.32. The van der Waals surface area contributed by atoms with E-state index in [1.54, 1.807) is 0 Å². The first-order valence-corrected chi connectivity index (χ1v) is 6.96. The molecule has 0 spiro atoms. The van der Waals surface area contributed by atoms with Crippen molar-refractivity contribution in [2.75, 3.05) is 0 Å². The quantitative estimate of drug-likeness (QED) is 0.676. The Labute approximate surface area is 120 Å². The van der Waals surface area contributed by atoms with Crippen LogP contribution in [0.15, 0.2) is 30.3 Å². The van der Waals surface area contributed by atoms with Gasteiger partial charge in [-0.25, -0.2) is 0 Å². The highest BCUT2D eigenvalue weighted by molar-refractivity contribution is 6.17. The fraction of sp³-hybridized carbons (Fsp3) is 0.294. The molecule has 0 saturated heterocycles. The van der Waals surface area contributed by atoms with Gasteiger partial charge in [-0.1, -0.05) is 24.3 Å². The number of benzene rings is 2. The second kappa shape index (κ2) is 5.66. The summed E-state index contributed by atoms with van der Waals surface area (Å²) < 4.78 is 6.11. The van der Waals surface area contributed by atoms with Crippen molar-refractivity contribution in [2.45, 2.75) is 33.6 Å². The highest BCUT2D eigenvalue weighted by Crippen LogP contribution is 2.32. The van der Waals surface area contributed by atoms with Crippen molar-refractivity contribution in [3.05, 3.63) is 58.1 Å². The summed E-state index contributed by atoms with van der Waals surface area (Å²) in [7, 11) is 0. The van der Waals surface area contributed by atoms with Crippen LogP contribution < -0.4 is 4.74 Å². The van der Waals surface area contributed by atoms with Crippen LogP contribution >= 0.6 is 11.6 Å². The third-order valence-electron chi connectivity index (χ3n) is 3.48. The first-order valence-electron chi connectivity index (χ1n) is 6.43. The molecule has 0 fully saturated rings. The topological polar surface area (TPSA) is 9.23 Å². The van der Waals surface area contributed by atoms with Crippen LogP contribution in [-0.2, 0) is 5.88 Å². The van der Waals surface area contributed by atoms with Crippen LogP contribution in [0.2, 0.25) is 0 Å². The van der Waals surface area contributed by atoms with Crippen molar-refractivity contribution in [2.24, 2.45) is 0 Å². The Morgan fingerprint density at radius 2 is 1.58 bits per heavy atom. The van der Waals surface area contributed by atoms with Gasteiger partial charge in [-0.05, 0) is 61.6 Å². The predicted molar refractivity (Wildman–Crippen MR) is 81.5 cm³/mol. The van der Waals surface area contributed by atoms with Crippen LogP contribution in [0.3, 0.4) is 0 Å². The Hall–Kier alpha value is -1.47. The van der Waals surface area contributed by atoms with Gasteiger partial charge in [0.05, 0.1) is 0 Å². The smallest absolute Gasteiger partial charge is 0.133 e. The molecular weight excluding hydrogens is 256 g/mol. The average Bonchev–Trinajstić information content (AvgIpc) is 2.40. The van der Waals surface area contributed by atoms with E-state index in [2.05, 4.69) is 39.0 Å². The van der Waals surface area contributed by atoms with E-state index >= 15 is 0 Å². The monoisotopic (exact) mass is 274 g/mol. The van der Waals surface area contributed by atoms with Gasteiger partial charge in [-0.3, -0.25) is 0 Å². The van der Waals surface area contributed by atoms with Gasteiger partial charge in [0.2, 0.25) is 0 Å². The summed E-state index contributed by atoms with van der Waals surface area (Å²) in [5.74, 6) is 2.39. The van der Waals surface area contributed by atoms with E-state index in [1.165, 1.54) is 11.1 Å². The first-order chi connectivity index (χ1) is 9.02. The molecule has 2 rings (SSSR count). The highest BCUT2D eigenvalue weighted by atomic mass is 35.5. The Morgan fingerprint density at radius 3 is 2.21 bits per heavy atom. The molecule has 100 valence electrons. The lowest BCUT2D eigenvalue weighted by Gasteiger charge is -2.15. The molecule has 2 aromatic rings. The van der Waals surface area contributed by atoms with Crippen LogP contribution in [0.1, 0.15) is 27.8 Å². The Morgan fingerprint density at radius 1 is 0.895 bits per heavy atom. The van der Waals surface area contributed by atoms with Gasteiger partial charge < -0.3 is 4.74 Å². The normalized spacial score (nSPS) is 10.6. The van der Waals surface area contributed by atoms with Crippen molar-refractivity contribution < 1.29 is 4.74 Å². The lowest BCUT2D eigenvalue weighted by Crippen LogP contribution is -1.95. The molecule has 0 bridgehead atoms. The first kappa shape index (κ1) is 14.0. The van der Waals surface area contributed by atoms with Crippen LogP contribution in [-0.4, -0.2) is 0 Å².